The van der Waals surface area contributed by atoms with Gasteiger partial charge in [0.15, 0.2) is 0 Å². The Hall–Kier alpha value is -1.89. The molecule has 0 atom stereocenters. The number of pyridine rings is 1. The van der Waals surface area contributed by atoms with Gasteiger partial charge in [-0.3, -0.25) is 0 Å². The predicted octanol–water partition coefficient (Wildman–Crippen LogP) is 2.02. The van der Waals surface area contributed by atoms with Crippen LogP contribution in [0.2, 0.25) is 0 Å². The molecule has 2 aromatic rings. The second-order valence-corrected chi connectivity index (χ2v) is 4.42. The molecule has 7 heteroatoms. The minimum atomic E-state index is -0.983. The van der Waals surface area contributed by atoms with Crippen LogP contribution in [0.15, 0.2) is 27.8 Å². The Morgan fingerprint density at radius 1 is 1.39 bits per heavy atom. The summed E-state index contributed by atoms with van der Waals surface area (Å²) in [5.41, 5.74) is 0.172. The fourth-order valence-electron chi connectivity index (χ4n) is 1.22. The van der Waals surface area contributed by atoms with Gasteiger partial charge < -0.3 is 9.52 Å². The molecule has 0 spiro atoms. The lowest BCUT2D eigenvalue weighted by atomic mass is 10.3. The van der Waals surface area contributed by atoms with Gasteiger partial charge in [0, 0.05) is 12.6 Å². The van der Waals surface area contributed by atoms with Gasteiger partial charge in [0.2, 0.25) is 11.8 Å². The molecule has 6 nitrogen and oxygen atoms in total. The lowest BCUT2D eigenvalue weighted by molar-refractivity contribution is 0.0696. The highest BCUT2D eigenvalue weighted by Crippen LogP contribution is 2.20. The SMILES string of the molecule is CCc1nnc(CSc2ccc(C(=O)O)cn2)o1. The number of hydrogen-bond donors (Lipinski definition) is 1. The van der Waals surface area contributed by atoms with Crippen molar-refractivity contribution in [2.24, 2.45) is 0 Å². The molecule has 0 amide bonds. The quantitative estimate of drug-likeness (QED) is 0.827. The summed E-state index contributed by atoms with van der Waals surface area (Å²) in [6.45, 7) is 1.94. The Morgan fingerprint density at radius 3 is 2.72 bits per heavy atom. The van der Waals surface area contributed by atoms with Crippen LogP contribution in [-0.2, 0) is 12.2 Å². The molecule has 94 valence electrons. The van der Waals surface area contributed by atoms with Crippen LogP contribution in [0.1, 0.15) is 29.1 Å². The lowest BCUT2D eigenvalue weighted by Crippen LogP contribution is -1.96. The summed E-state index contributed by atoms with van der Waals surface area (Å²) in [5, 5.41) is 17.2. The van der Waals surface area contributed by atoms with Gasteiger partial charge in [-0.25, -0.2) is 9.78 Å². The highest BCUT2D eigenvalue weighted by Gasteiger charge is 2.07. The van der Waals surface area contributed by atoms with Crippen molar-refractivity contribution in [3.05, 3.63) is 35.7 Å². The number of aromatic nitrogens is 3. The monoisotopic (exact) mass is 265 g/mol. The lowest BCUT2D eigenvalue weighted by Gasteiger charge is -1.98. The highest BCUT2D eigenvalue weighted by molar-refractivity contribution is 7.98. The molecular formula is C11H11N3O3S. The maximum atomic E-state index is 10.6. The third-order valence-corrected chi connectivity index (χ3v) is 3.07. The van der Waals surface area contributed by atoms with E-state index in [1.54, 1.807) is 6.07 Å². The molecule has 0 saturated carbocycles. The average Bonchev–Trinajstić information content (AvgIpc) is 2.85. The van der Waals surface area contributed by atoms with E-state index in [0.29, 0.717) is 24.0 Å². The molecule has 0 bridgehead atoms. The molecule has 0 aromatic carbocycles. The Labute approximate surface area is 107 Å². The zero-order valence-electron chi connectivity index (χ0n) is 9.66. The second-order valence-electron chi connectivity index (χ2n) is 3.42. The number of nitrogens with zero attached hydrogens (tertiary/aromatic N) is 3. The van der Waals surface area contributed by atoms with Crippen LogP contribution in [-0.4, -0.2) is 26.3 Å². The first-order chi connectivity index (χ1) is 8.69. The first kappa shape index (κ1) is 12.6. The van der Waals surface area contributed by atoms with Crippen molar-refractivity contribution in [1.29, 1.82) is 0 Å². The zero-order chi connectivity index (χ0) is 13.0. The average molecular weight is 265 g/mol. The molecule has 0 radical (unpaired) electrons. The number of aryl methyl sites for hydroxylation is 1. The van der Waals surface area contributed by atoms with Crippen molar-refractivity contribution < 1.29 is 14.3 Å². The minimum absolute atomic E-state index is 0.172. The number of carbonyl (C=O) groups is 1. The van der Waals surface area contributed by atoms with E-state index in [1.807, 2.05) is 6.92 Å². The first-order valence-corrected chi connectivity index (χ1v) is 6.31. The van der Waals surface area contributed by atoms with Crippen LogP contribution in [0.4, 0.5) is 0 Å². The number of aromatic carboxylic acids is 1. The van der Waals surface area contributed by atoms with Gasteiger partial charge in [0.05, 0.1) is 16.3 Å². The number of hydrogen-bond acceptors (Lipinski definition) is 6. The molecule has 0 aliphatic carbocycles. The third-order valence-electron chi connectivity index (χ3n) is 2.14. The summed E-state index contributed by atoms with van der Waals surface area (Å²) in [6, 6.07) is 3.17. The van der Waals surface area contributed by atoms with Gasteiger partial charge in [0.1, 0.15) is 0 Å². The molecular weight excluding hydrogens is 254 g/mol. The van der Waals surface area contributed by atoms with Crippen molar-refractivity contribution in [3.8, 4) is 0 Å². The van der Waals surface area contributed by atoms with E-state index in [9.17, 15) is 4.79 Å². The summed E-state index contributed by atoms with van der Waals surface area (Å²) >= 11 is 1.42. The topological polar surface area (TPSA) is 89.1 Å². The van der Waals surface area contributed by atoms with Crippen LogP contribution in [0.3, 0.4) is 0 Å². The van der Waals surface area contributed by atoms with Crippen molar-refractivity contribution in [3.63, 3.8) is 0 Å². The van der Waals surface area contributed by atoms with Gasteiger partial charge in [-0.2, -0.15) is 0 Å². The highest BCUT2D eigenvalue weighted by atomic mass is 32.2. The minimum Gasteiger partial charge on any atom is -0.478 e. The summed E-state index contributed by atoms with van der Waals surface area (Å²) < 4.78 is 5.35. The van der Waals surface area contributed by atoms with E-state index in [1.165, 1.54) is 24.0 Å². The van der Waals surface area contributed by atoms with Crippen LogP contribution >= 0.6 is 11.8 Å². The molecule has 0 saturated heterocycles. The number of carboxylic acids is 1. The number of thioether (sulfide) groups is 1. The summed E-state index contributed by atoms with van der Waals surface area (Å²) in [7, 11) is 0. The van der Waals surface area contributed by atoms with Gasteiger partial charge in [-0.15, -0.1) is 10.2 Å². The zero-order valence-corrected chi connectivity index (χ0v) is 10.5. The van der Waals surface area contributed by atoms with Crippen molar-refractivity contribution >= 4 is 17.7 Å². The van der Waals surface area contributed by atoms with Gasteiger partial charge in [-0.05, 0) is 12.1 Å². The summed E-state index contributed by atoms with van der Waals surface area (Å²) in [6.07, 6.45) is 2.04. The van der Waals surface area contributed by atoms with Crippen LogP contribution in [0, 0.1) is 0 Å². The standard InChI is InChI=1S/C11H11N3O3S/c1-2-8-13-14-9(17-8)6-18-10-4-3-7(5-12-10)11(15)16/h3-5H,2,6H2,1H3,(H,15,16). The Bertz CT molecular complexity index is 539. The van der Waals surface area contributed by atoms with Crippen molar-refractivity contribution in [2.45, 2.75) is 24.1 Å². The molecule has 0 aliphatic heterocycles. The molecule has 0 fully saturated rings. The van der Waals surface area contributed by atoms with Crippen molar-refractivity contribution in [1.82, 2.24) is 15.2 Å². The number of rotatable bonds is 5. The van der Waals surface area contributed by atoms with Crippen molar-refractivity contribution in [2.75, 3.05) is 0 Å². The second kappa shape index (κ2) is 5.63. The van der Waals surface area contributed by atoms with Gasteiger partial charge >= 0.3 is 5.97 Å². The summed E-state index contributed by atoms with van der Waals surface area (Å²) in [4.78, 5) is 14.7. The Kier molecular flexibility index (Phi) is 3.93. The van der Waals surface area contributed by atoms with E-state index in [0.717, 1.165) is 5.03 Å². The molecule has 2 aromatic heterocycles. The molecule has 2 rings (SSSR count). The van der Waals surface area contributed by atoms with E-state index >= 15 is 0 Å². The summed E-state index contributed by atoms with van der Waals surface area (Å²) in [5.74, 6) is 0.691. The maximum absolute atomic E-state index is 10.6. The first-order valence-electron chi connectivity index (χ1n) is 5.32. The largest absolute Gasteiger partial charge is 0.478 e. The van der Waals surface area contributed by atoms with E-state index < -0.39 is 5.97 Å². The third kappa shape index (κ3) is 3.07. The molecule has 0 aliphatic rings. The molecule has 2 heterocycles. The number of carboxylic acid groups (broad SMARTS) is 1. The predicted molar refractivity (Wildman–Crippen MR) is 64.4 cm³/mol. The van der Waals surface area contributed by atoms with E-state index in [-0.39, 0.29) is 5.56 Å². The van der Waals surface area contributed by atoms with Crippen LogP contribution in [0.5, 0.6) is 0 Å². The maximum Gasteiger partial charge on any atom is 0.337 e. The fourth-order valence-corrected chi connectivity index (χ4v) is 1.90. The fraction of sp³-hybridized carbons (Fsp3) is 0.273. The van der Waals surface area contributed by atoms with Gasteiger partial charge in [-0.1, -0.05) is 18.7 Å². The van der Waals surface area contributed by atoms with Crippen LogP contribution < -0.4 is 0 Å². The van der Waals surface area contributed by atoms with Gasteiger partial charge in [0.25, 0.3) is 0 Å². The van der Waals surface area contributed by atoms with E-state index in [4.69, 9.17) is 9.52 Å². The van der Waals surface area contributed by atoms with Crippen LogP contribution in [0.25, 0.3) is 0 Å². The Balaban J connectivity index is 1.95. The van der Waals surface area contributed by atoms with E-state index in [2.05, 4.69) is 15.2 Å². The molecule has 1 N–H and O–H groups in total. The normalized spacial score (nSPS) is 10.5. The Morgan fingerprint density at radius 2 is 2.17 bits per heavy atom. The molecule has 18 heavy (non-hydrogen) atoms. The smallest absolute Gasteiger partial charge is 0.337 e. The molecule has 0 unspecified atom stereocenters.